The standard InChI is InChI=1S/C39H37B2IN2O9/c1-51-34-18-23(17-31(42)37(34)45)16-24(32-12-5-6-15-43-32)13-14-33-35-25(22-52-28-10-3-2-4-11-28)19-29-36(30(35)21-40(48)53-33)39(47)44(38(29)46)27-9-7-8-26(20-27)41(49)50/h2-12,15-18,20,29-30,33,36,45,48-50H,13-14,19,21-22H2,1H3/b24-16-/t29-,30+,33-,36-/m1/s1. The molecule has 0 saturated carbocycles. The maximum atomic E-state index is 14.3. The lowest BCUT2D eigenvalue weighted by atomic mass is 9.58. The van der Waals surface area contributed by atoms with E-state index in [0.29, 0.717) is 27.9 Å². The molecule has 53 heavy (non-hydrogen) atoms. The number of pyridine rings is 1. The van der Waals surface area contributed by atoms with Crippen LogP contribution in [0.1, 0.15) is 30.5 Å². The first-order chi connectivity index (χ1) is 25.6. The van der Waals surface area contributed by atoms with Gasteiger partial charge < -0.3 is 34.3 Å². The number of benzene rings is 3. The Morgan fingerprint density at radius 1 is 1.04 bits per heavy atom. The lowest BCUT2D eigenvalue weighted by Gasteiger charge is -2.43. The highest BCUT2D eigenvalue weighted by atomic mass is 127. The van der Waals surface area contributed by atoms with E-state index in [4.69, 9.17) is 14.1 Å². The molecule has 4 aromatic rings. The number of hydrogen-bond acceptors (Lipinski definition) is 10. The predicted octanol–water partition coefficient (Wildman–Crippen LogP) is 4.48. The number of phenolic OH excluding ortho intramolecular Hbond substituents is 1. The van der Waals surface area contributed by atoms with Crippen molar-refractivity contribution in [3.63, 3.8) is 0 Å². The zero-order chi connectivity index (χ0) is 37.2. The van der Waals surface area contributed by atoms with E-state index < -0.39 is 44.0 Å². The van der Waals surface area contributed by atoms with E-state index in [1.165, 1.54) is 19.2 Å². The van der Waals surface area contributed by atoms with Crippen LogP contribution in [0.2, 0.25) is 6.32 Å². The average molecular weight is 826 g/mol. The minimum Gasteiger partial charge on any atom is -0.504 e. The normalized spacial score (nSPS) is 21.4. The molecule has 3 heterocycles. The smallest absolute Gasteiger partial charge is 0.488 e. The van der Waals surface area contributed by atoms with Gasteiger partial charge in [0.2, 0.25) is 11.8 Å². The Bertz CT molecular complexity index is 2060. The molecular weight excluding hydrogens is 789 g/mol. The van der Waals surface area contributed by atoms with Gasteiger partial charge in [0.1, 0.15) is 12.4 Å². The van der Waals surface area contributed by atoms with Crippen LogP contribution < -0.4 is 19.8 Å². The maximum Gasteiger partial charge on any atom is 0.488 e. The van der Waals surface area contributed by atoms with Crippen LogP contribution in [0.3, 0.4) is 0 Å². The third kappa shape index (κ3) is 7.64. The number of fused-ring (bicyclic) bond motifs is 3. The van der Waals surface area contributed by atoms with Gasteiger partial charge in [0.25, 0.3) is 0 Å². The van der Waals surface area contributed by atoms with Crippen LogP contribution in [0.4, 0.5) is 5.69 Å². The topological polar surface area (TPSA) is 159 Å². The van der Waals surface area contributed by atoms with E-state index in [2.05, 4.69) is 27.6 Å². The SMILES string of the molecule is COc1cc(/C=C(/CC[C@H]2OB(O)C[C@H]3C2=C(COc2ccccc2)C[C@H]2C(=O)N(c4cccc(B(O)O)c4)C(=O)[C@H]23)c2ccccn2)cc(I)c1O. The zero-order valence-electron chi connectivity index (χ0n) is 28.8. The summed E-state index contributed by atoms with van der Waals surface area (Å²) < 4.78 is 18.6. The van der Waals surface area contributed by atoms with Gasteiger partial charge in [-0.25, -0.2) is 0 Å². The molecule has 0 unspecified atom stereocenters. The van der Waals surface area contributed by atoms with Gasteiger partial charge in [-0.05, 0) is 136 Å². The summed E-state index contributed by atoms with van der Waals surface area (Å²) in [6.07, 6.45) is 4.38. The lowest BCUT2D eigenvalue weighted by molar-refractivity contribution is -0.122. The molecule has 1 aliphatic carbocycles. The van der Waals surface area contributed by atoms with E-state index in [1.54, 1.807) is 24.4 Å². The van der Waals surface area contributed by atoms with Crippen LogP contribution in [0.15, 0.2) is 102 Å². The highest BCUT2D eigenvalue weighted by Gasteiger charge is 2.57. The Morgan fingerprint density at radius 2 is 1.83 bits per heavy atom. The number of rotatable bonds is 11. The van der Waals surface area contributed by atoms with Crippen LogP contribution in [-0.2, 0) is 14.2 Å². The number of anilines is 1. The second-order valence-electron chi connectivity index (χ2n) is 13.4. The number of para-hydroxylation sites is 1. The van der Waals surface area contributed by atoms with Crippen molar-refractivity contribution in [1.82, 2.24) is 4.98 Å². The van der Waals surface area contributed by atoms with Gasteiger partial charge in [0.05, 0.1) is 40.0 Å². The van der Waals surface area contributed by atoms with Gasteiger partial charge in [-0.2, -0.15) is 0 Å². The zero-order valence-corrected chi connectivity index (χ0v) is 31.0. The second kappa shape index (κ2) is 15.9. The molecule has 0 bridgehead atoms. The summed E-state index contributed by atoms with van der Waals surface area (Å²) in [6.45, 7) is 0.164. The molecule has 2 aliphatic heterocycles. The van der Waals surface area contributed by atoms with Crippen molar-refractivity contribution in [2.75, 3.05) is 18.6 Å². The van der Waals surface area contributed by atoms with Crippen LogP contribution >= 0.6 is 22.6 Å². The molecule has 270 valence electrons. The van der Waals surface area contributed by atoms with Gasteiger partial charge in [-0.1, -0.05) is 36.4 Å². The summed E-state index contributed by atoms with van der Waals surface area (Å²) >= 11 is 2.06. The van der Waals surface area contributed by atoms with Gasteiger partial charge in [-0.3, -0.25) is 19.5 Å². The molecular formula is C39H37B2IN2O9. The molecule has 14 heteroatoms. The number of aromatic nitrogens is 1. The molecule has 11 nitrogen and oxygen atoms in total. The fourth-order valence-corrected chi connectivity index (χ4v) is 8.44. The molecule has 4 atom stereocenters. The largest absolute Gasteiger partial charge is 0.504 e. The van der Waals surface area contributed by atoms with E-state index in [0.717, 1.165) is 32.9 Å². The molecule has 0 spiro atoms. The Morgan fingerprint density at radius 3 is 2.57 bits per heavy atom. The fraction of sp³-hybridized carbons (Fsp3) is 0.256. The third-order valence-corrected chi connectivity index (χ3v) is 11.0. The molecule has 3 aliphatic rings. The van der Waals surface area contributed by atoms with Crippen molar-refractivity contribution < 1.29 is 43.9 Å². The summed E-state index contributed by atoms with van der Waals surface area (Å²) in [5, 5.41) is 41.2. The van der Waals surface area contributed by atoms with Crippen molar-refractivity contribution in [2.24, 2.45) is 17.8 Å². The third-order valence-electron chi connectivity index (χ3n) is 10.2. The summed E-state index contributed by atoms with van der Waals surface area (Å²) in [4.78, 5) is 34.2. The minimum atomic E-state index is -1.77. The number of halogens is 1. The molecule has 1 aromatic heterocycles. The van der Waals surface area contributed by atoms with Crippen LogP contribution in [-0.4, -0.2) is 71.0 Å². The maximum absolute atomic E-state index is 14.3. The van der Waals surface area contributed by atoms with Crippen LogP contribution in [0.25, 0.3) is 11.6 Å². The molecule has 7 rings (SSSR count). The van der Waals surface area contributed by atoms with Crippen molar-refractivity contribution in [3.8, 4) is 17.2 Å². The Balaban J connectivity index is 1.25. The number of carbonyl (C=O) groups is 2. The Labute approximate surface area is 321 Å². The number of imide groups is 1. The molecule has 3 aromatic carbocycles. The van der Waals surface area contributed by atoms with Crippen LogP contribution in [0.5, 0.6) is 17.2 Å². The van der Waals surface area contributed by atoms with Crippen molar-refractivity contribution in [2.45, 2.75) is 31.7 Å². The summed E-state index contributed by atoms with van der Waals surface area (Å²) in [5.41, 5.74) is 4.56. The number of aromatic hydroxyl groups is 1. The number of nitrogens with zero attached hydrogens (tertiary/aromatic N) is 2. The summed E-state index contributed by atoms with van der Waals surface area (Å²) in [6, 6.07) is 24.7. The summed E-state index contributed by atoms with van der Waals surface area (Å²) in [7, 11) is -1.45. The first-order valence-electron chi connectivity index (χ1n) is 17.4. The van der Waals surface area contributed by atoms with Crippen molar-refractivity contribution in [3.05, 3.63) is 117 Å². The molecule has 2 amide bonds. The number of ether oxygens (including phenoxy) is 2. The fourth-order valence-electron chi connectivity index (χ4n) is 7.81. The average Bonchev–Trinajstić information content (AvgIpc) is 3.42. The Kier molecular flexibility index (Phi) is 11.0. The first-order valence-corrected chi connectivity index (χ1v) is 18.5. The quantitative estimate of drug-likeness (QED) is 0.0736. The molecule has 2 fully saturated rings. The number of hydrogen-bond donors (Lipinski definition) is 4. The van der Waals surface area contributed by atoms with Gasteiger partial charge >= 0.3 is 14.2 Å². The highest BCUT2D eigenvalue weighted by Crippen LogP contribution is 2.51. The number of methoxy groups -OCH3 is 1. The lowest BCUT2D eigenvalue weighted by Crippen LogP contribution is -2.46. The van der Waals surface area contributed by atoms with Gasteiger partial charge in [0.15, 0.2) is 11.5 Å². The minimum absolute atomic E-state index is 0.0604. The molecule has 0 radical (unpaired) electrons. The molecule has 4 N–H and O–H groups in total. The van der Waals surface area contributed by atoms with E-state index in [1.807, 2.05) is 60.7 Å². The molecule has 2 saturated heterocycles. The van der Waals surface area contributed by atoms with Crippen LogP contribution in [0, 0.1) is 21.3 Å². The number of carbonyl (C=O) groups excluding carboxylic acids is 2. The number of phenols is 1. The van der Waals surface area contributed by atoms with E-state index in [-0.39, 0.29) is 42.2 Å². The van der Waals surface area contributed by atoms with Gasteiger partial charge in [0, 0.05) is 6.20 Å². The monoisotopic (exact) mass is 826 g/mol. The van der Waals surface area contributed by atoms with Crippen molar-refractivity contribution >= 4 is 71.4 Å². The number of amides is 2. The number of allylic oxidation sites excluding steroid dienone is 1. The van der Waals surface area contributed by atoms with E-state index in [9.17, 15) is 29.8 Å². The van der Waals surface area contributed by atoms with Crippen molar-refractivity contribution in [1.29, 1.82) is 0 Å². The van der Waals surface area contributed by atoms with E-state index >= 15 is 0 Å². The summed E-state index contributed by atoms with van der Waals surface area (Å²) in [5.74, 6) is -1.67. The first kappa shape index (κ1) is 36.9. The Hall–Kier alpha value is -4.47. The van der Waals surface area contributed by atoms with Gasteiger partial charge in [-0.15, -0.1) is 0 Å². The predicted molar refractivity (Wildman–Crippen MR) is 209 cm³/mol. The highest BCUT2D eigenvalue weighted by molar-refractivity contribution is 14.1. The second-order valence-corrected chi connectivity index (χ2v) is 14.5.